The van der Waals surface area contributed by atoms with Gasteiger partial charge in [-0.2, -0.15) is 4.57 Å². The van der Waals surface area contributed by atoms with E-state index in [9.17, 15) is 0 Å². The lowest BCUT2D eigenvalue weighted by Crippen LogP contribution is -2.68. The largest absolute Gasteiger partial charge is 0.375 e. The summed E-state index contributed by atoms with van der Waals surface area (Å²) in [6, 6.07) is 35.6. The van der Waals surface area contributed by atoms with Crippen LogP contribution in [-0.2, 0) is 0 Å². The minimum Gasteiger partial charge on any atom is -0.222 e. The van der Waals surface area contributed by atoms with Crippen LogP contribution in [0.2, 0.25) is 0 Å². The third-order valence-electron chi connectivity index (χ3n) is 4.94. The number of aromatic nitrogens is 4. The molecular formula is C25H19ClN4O4. The van der Waals surface area contributed by atoms with Crippen LogP contribution in [0.25, 0.3) is 39.5 Å². The Morgan fingerprint density at radius 1 is 0.588 bits per heavy atom. The zero-order chi connectivity index (χ0) is 24.0. The molecule has 5 aromatic rings. The second kappa shape index (κ2) is 10.3. The lowest BCUT2D eigenvalue weighted by molar-refractivity contribution is -2.00. The van der Waals surface area contributed by atoms with Gasteiger partial charge in [-0.25, -0.2) is 18.6 Å². The Morgan fingerprint density at radius 2 is 1.00 bits per heavy atom. The van der Waals surface area contributed by atoms with Gasteiger partial charge in [-0.3, -0.25) is 0 Å². The molecule has 0 atom stereocenters. The standard InChI is InChI=1S/C25H19N4.ClHO4/c1-4-10-19(11-5-1)22-16-23(20-12-6-2-7-13-20)29(25-18-26-28-27-25)24(17-22)21-14-8-3-9-15-21;2-1(3,4)5/h1-18H,(H,26,27,28);(H,2,3,4,5)/q+1;/p-1. The van der Waals surface area contributed by atoms with Gasteiger partial charge in [-0.15, -0.1) is 20.6 Å². The van der Waals surface area contributed by atoms with Crippen molar-refractivity contribution in [2.24, 2.45) is 0 Å². The van der Waals surface area contributed by atoms with E-state index in [2.05, 4.69) is 105 Å². The predicted octanol–water partition coefficient (Wildman–Crippen LogP) is 0.326. The summed E-state index contributed by atoms with van der Waals surface area (Å²) in [4.78, 5) is 0. The van der Waals surface area contributed by atoms with Crippen LogP contribution in [0.15, 0.2) is 109 Å². The fourth-order valence-electron chi connectivity index (χ4n) is 3.59. The predicted molar refractivity (Wildman–Crippen MR) is 114 cm³/mol. The zero-order valence-corrected chi connectivity index (χ0v) is 18.5. The molecule has 0 bridgehead atoms. The average molecular weight is 475 g/mol. The van der Waals surface area contributed by atoms with Gasteiger partial charge in [0, 0.05) is 11.1 Å². The van der Waals surface area contributed by atoms with E-state index < -0.39 is 10.2 Å². The maximum absolute atomic E-state index is 8.49. The van der Waals surface area contributed by atoms with Crippen molar-refractivity contribution in [1.29, 1.82) is 0 Å². The zero-order valence-electron chi connectivity index (χ0n) is 17.7. The SMILES string of the molecule is [O-][Cl+3]([O-])([O-])[O-].c1ccc(-c2cc(-c3ccccc3)[n+](-c3cn[nH]n3)c(-c3ccccc3)c2)cc1. The number of nitrogens with zero attached hydrogens (tertiary/aromatic N) is 3. The van der Waals surface area contributed by atoms with Crippen LogP contribution in [0, 0.1) is 10.2 Å². The Labute approximate surface area is 197 Å². The molecule has 0 aliphatic heterocycles. The van der Waals surface area contributed by atoms with Crippen molar-refractivity contribution in [3.63, 3.8) is 0 Å². The van der Waals surface area contributed by atoms with Gasteiger partial charge in [0.1, 0.15) is 17.6 Å². The third kappa shape index (κ3) is 5.90. The Morgan fingerprint density at radius 3 is 1.38 bits per heavy atom. The lowest BCUT2D eigenvalue weighted by atomic mass is 9.99. The van der Waals surface area contributed by atoms with E-state index in [1.54, 1.807) is 6.20 Å². The molecule has 170 valence electrons. The number of hydrogen-bond donors (Lipinski definition) is 1. The Balaban J connectivity index is 0.000000499. The number of nitrogens with one attached hydrogen (secondary N) is 1. The van der Waals surface area contributed by atoms with Crippen molar-refractivity contribution in [2.45, 2.75) is 0 Å². The molecule has 9 heteroatoms. The minimum absolute atomic E-state index is 0.752. The van der Waals surface area contributed by atoms with Crippen LogP contribution in [-0.4, -0.2) is 15.4 Å². The van der Waals surface area contributed by atoms with Crippen molar-refractivity contribution in [2.75, 3.05) is 0 Å². The summed E-state index contributed by atoms with van der Waals surface area (Å²) in [5.74, 6) is 0.752. The summed E-state index contributed by atoms with van der Waals surface area (Å²) in [5.41, 5.74) is 6.67. The molecule has 0 unspecified atom stereocenters. The first kappa shape index (κ1) is 23.2. The summed E-state index contributed by atoms with van der Waals surface area (Å²) in [5, 5.41) is 11.2. The number of H-pyrrole nitrogens is 1. The van der Waals surface area contributed by atoms with Crippen LogP contribution in [0.4, 0.5) is 0 Å². The van der Waals surface area contributed by atoms with Gasteiger partial charge in [0.25, 0.3) is 0 Å². The summed E-state index contributed by atoms with van der Waals surface area (Å²) in [6.45, 7) is 0. The molecule has 0 saturated heterocycles. The molecule has 5 rings (SSSR count). The van der Waals surface area contributed by atoms with Gasteiger partial charge < -0.3 is 0 Å². The molecule has 34 heavy (non-hydrogen) atoms. The molecule has 3 aromatic carbocycles. The number of benzene rings is 3. The van der Waals surface area contributed by atoms with Gasteiger partial charge in [0.05, 0.1) is 5.10 Å². The summed E-state index contributed by atoms with van der Waals surface area (Å²) >= 11 is 0. The van der Waals surface area contributed by atoms with E-state index in [-0.39, 0.29) is 0 Å². The highest BCUT2D eigenvalue weighted by Gasteiger charge is 2.23. The maximum atomic E-state index is 8.49. The molecule has 0 aliphatic carbocycles. The normalized spacial score (nSPS) is 10.9. The molecular weight excluding hydrogens is 456 g/mol. The molecule has 8 nitrogen and oxygen atoms in total. The Kier molecular flexibility index (Phi) is 7.07. The summed E-state index contributed by atoms with van der Waals surface area (Å²) in [7, 11) is -4.94. The van der Waals surface area contributed by atoms with Crippen molar-refractivity contribution < 1.29 is 33.4 Å². The fourth-order valence-corrected chi connectivity index (χ4v) is 3.59. The monoisotopic (exact) mass is 474 g/mol. The second-order valence-corrected chi connectivity index (χ2v) is 7.91. The van der Waals surface area contributed by atoms with Crippen molar-refractivity contribution in [3.8, 4) is 39.5 Å². The average Bonchev–Trinajstić information content (AvgIpc) is 3.38. The minimum atomic E-state index is -4.94. The van der Waals surface area contributed by atoms with Crippen LogP contribution in [0.3, 0.4) is 0 Å². The molecule has 0 amide bonds. The van der Waals surface area contributed by atoms with Crippen LogP contribution < -0.4 is 23.2 Å². The first-order valence-electron chi connectivity index (χ1n) is 10.1. The first-order valence-corrected chi connectivity index (χ1v) is 11.4. The van der Waals surface area contributed by atoms with E-state index in [4.69, 9.17) is 18.6 Å². The van der Waals surface area contributed by atoms with Crippen LogP contribution in [0.1, 0.15) is 0 Å². The van der Waals surface area contributed by atoms with Crippen molar-refractivity contribution in [1.82, 2.24) is 15.4 Å². The molecule has 0 saturated carbocycles. The number of aromatic amines is 1. The highest BCUT2D eigenvalue weighted by atomic mass is 35.7. The Bertz CT molecular complexity index is 1260. The van der Waals surface area contributed by atoms with Gasteiger partial charge in [-0.1, -0.05) is 91.0 Å². The topological polar surface area (TPSA) is 138 Å². The quantitative estimate of drug-likeness (QED) is 0.372. The molecule has 0 aliphatic rings. The highest BCUT2D eigenvalue weighted by molar-refractivity contribution is 5.74. The van der Waals surface area contributed by atoms with E-state index in [0.717, 1.165) is 33.9 Å². The van der Waals surface area contributed by atoms with Gasteiger partial charge in [0.2, 0.25) is 0 Å². The summed E-state index contributed by atoms with van der Waals surface area (Å²) in [6.07, 6.45) is 1.75. The fraction of sp³-hybridized carbons (Fsp3) is 0. The second-order valence-electron chi connectivity index (χ2n) is 7.15. The van der Waals surface area contributed by atoms with Crippen molar-refractivity contribution in [3.05, 3.63) is 109 Å². The number of halogens is 1. The van der Waals surface area contributed by atoms with Crippen LogP contribution in [0.5, 0.6) is 0 Å². The third-order valence-corrected chi connectivity index (χ3v) is 4.94. The maximum Gasteiger partial charge on any atom is 0.375 e. The van der Waals surface area contributed by atoms with Crippen molar-refractivity contribution >= 4 is 0 Å². The molecule has 1 N–H and O–H groups in total. The van der Waals surface area contributed by atoms with Crippen LogP contribution >= 0.6 is 0 Å². The van der Waals surface area contributed by atoms with Gasteiger partial charge >= 0.3 is 5.82 Å². The van der Waals surface area contributed by atoms with Gasteiger partial charge in [-0.05, 0) is 23.3 Å². The molecule has 2 aromatic heterocycles. The number of pyridine rings is 1. The smallest absolute Gasteiger partial charge is 0.222 e. The number of hydrogen-bond acceptors (Lipinski definition) is 6. The molecule has 0 radical (unpaired) electrons. The molecule has 0 fully saturated rings. The van der Waals surface area contributed by atoms with E-state index in [1.165, 1.54) is 5.56 Å². The molecule has 0 spiro atoms. The lowest BCUT2D eigenvalue weighted by Gasteiger charge is -2.17. The van der Waals surface area contributed by atoms with E-state index in [1.807, 2.05) is 18.2 Å². The van der Waals surface area contributed by atoms with Gasteiger partial charge in [0.15, 0.2) is 0 Å². The highest BCUT2D eigenvalue weighted by Crippen LogP contribution is 2.29. The Hall–Kier alpha value is -3.92. The number of rotatable bonds is 4. The van der Waals surface area contributed by atoms with E-state index in [0.29, 0.717) is 0 Å². The molecule has 2 heterocycles. The van der Waals surface area contributed by atoms with E-state index >= 15 is 0 Å². The summed E-state index contributed by atoms with van der Waals surface area (Å²) < 4.78 is 36.1. The first-order chi connectivity index (χ1) is 16.4.